The molecule has 3 N–H and O–H groups in total. The number of benzene rings is 1. The first-order valence-corrected chi connectivity index (χ1v) is 4.93. The van der Waals surface area contributed by atoms with Gasteiger partial charge in [-0.1, -0.05) is 11.6 Å². The van der Waals surface area contributed by atoms with E-state index in [-0.39, 0.29) is 28.8 Å². The zero-order valence-corrected chi connectivity index (χ0v) is 8.56. The van der Waals surface area contributed by atoms with E-state index in [0.717, 1.165) is 12.8 Å². The van der Waals surface area contributed by atoms with E-state index in [9.17, 15) is 9.90 Å². The lowest BCUT2D eigenvalue weighted by Gasteiger charge is -2.08. The molecule has 0 aliphatic heterocycles. The van der Waals surface area contributed by atoms with Gasteiger partial charge < -0.3 is 15.7 Å². The van der Waals surface area contributed by atoms with Gasteiger partial charge in [0, 0.05) is 12.1 Å². The Balaban J connectivity index is 2.17. The molecule has 1 aliphatic carbocycles. The summed E-state index contributed by atoms with van der Waals surface area (Å²) in [4.78, 5) is 11.5. The summed E-state index contributed by atoms with van der Waals surface area (Å²) < 4.78 is 14.8. The molecule has 2 rings (SSSR count). The SMILES string of the molecule is [2H]c1cc(NC(=O)NC2CC2)c(Cl)c([2H])c1O. The third kappa shape index (κ3) is 2.76. The van der Waals surface area contributed by atoms with Gasteiger partial charge in [0.05, 0.1) is 13.5 Å². The van der Waals surface area contributed by atoms with Crippen LogP contribution in [0.5, 0.6) is 5.75 Å². The summed E-state index contributed by atoms with van der Waals surface area (Å²) in [5.41, 5.74) is 0.151. The molecule has 80 valence electrons. The van der Waals surface area contributed by atoms with Crippen LogP contribution in [0.3, 0.4) is 0 Å². The second kappa shape index (κ2) is 3.98. The topological polar surface area (TPSA) is 61.4 Å². The van der Waals surface area contributed by atoms with Gasteiger partial charge in [-0.2, -0.15) is 0 Å². The minimum atomic E-state index is -0.497. The zero-order valence-electron chi connectivity index (χ0n) is 9.80. The van der Waals surface area contributed by atoms with E-state index in [1.165, 1.54) is 6.07 Å². The molecule has 0 radical (unpaired) electrons. The Morgan fingerprint density at radius 1 is 1.67 bits per heavy atom. The fourth-order valence-corrected chi connectivity index (χ4v) is 1.26. The summed E-state index contributed by atoms with van der Waals surface area (Å²) in [6.07, 6.45) is 1.92. The number of carbonyl (C=O) groups is 1. The molecule has 5 heteroatoms. The number of rotatable bonds is 2. The Kier molecular flexibility index (Phi) is 2.08. The first-order valence-electron chi connectivity index (χ1n) is 5.55. The number of hydrogen-bond donors (Lipinski definition) is 3. The smallest absolute Gasteiger partial charge is 0.319 e. The predicted molar refractivity (Wildman–Crippen MR) is 58.3 cm³/mol. The summed E-state index contributed by atoms with van der Waals surface area (Å²) in [7, 11) is 0. The van der Waals surface area contributed by atoms with Crippen molar-refractivity contribution in [1.29, 1.82) is 0 Å². The minimum absolute atomic E-state index is 0.0792. The van der Waals surface area contributed by atoms with Crippen molar-refractivity contribution >= 4 is 23.3 Å². The number of urea groups is 1. The predicted octanol–water partition coefficient (Wildman–Crippen LogP) is 2.33. The first kappa shape index (κ1) is 7.82. The van der Waals surface area contributed by atoms with Crippen LogP contribution in [-0.2, 0) is 0 Å². The number of aromatic hydroxyl groups is 1. The van der Waals surface area contributed by atoms with Crippen molar-refractivity contribution in [3.05, 3.63) is 23.2 Å². The highest BCUT2D eigenvalue weighted by atomic mass is 35.5. The fourth-order valence-electron chi connectivity index (χ4n) is 1.07. The van der Waals surface area contributed by atoms with Crippen LogP contribution in [0.1, 0.15) is 15.6 Å². The molecule has 0 aromatic heterocycles. The second-order valence-electron chi connectivity index (χ2n) is 3.36. The Hall–Kier alpha value is -1.42. The van der Waals surface area contributed by atoms with Gasteiger partial charge in [-0.05, 0) is 25.0 Å². The summed E-state index contributed by atoms with van der Waals surface area (Å²) in [6.45, 7) is 0. The van der Waals surface area contributed by atoms with Gasteiger partial charge in [0.25, 0.3) is 0 Å². The largest absolute Gasteiger partial charge is 0.508 e. The monoisotopic (exact) mass is 228 g/mol. The second-order valence-corrected chi connectivity index (χ2v) is 3.74. The molecule has 0 bridgehead atoms. The summed E-state index contributed by atoms with van der Waals surface area (Å²) in [5.74, 6) is -0.497. The number of carbonyl (C=O) groups excluding carboxylic acids is 1. The van der Waals surface area contributed by atoms with Crippen LogP contribution in [0.4, 0.5) is 10.5 Å². The maximum atomic E-state index is 11.5. The number of anilines is 1. The van der Waals surface area contributed by atoms with Crippen LogP contribution in [0.15, 0.2) is 18.2 Å². The third-order valence-electron chi connectivity index (χ3n) is 1.98. The standard InChI is InChI=1S/C10H11ClN2O2/c11-8-5-7(14)3-4-9(8)13-10(15)12-6-1-2-6/h3-6,14H,1-2H2,(H2,12,13,15)/i3D,5D. The highest BCUT2D eigenvalue weighted by Crippen LogP contribution is 2.26. The maximum Gasteiger partial charge on any atom is 0.319 e. The fraction of sp³-hybridized carbons (Fsp3) is 0.300. The van der Waals surface area contributed by atoms with Gasteiger partial charge in [-0.3, -0.25) is 0 Å². The summed E-state index contributed by atoms with van der Waals surface area (Å²) in [5, 5.41) is 14.4. The van der Waals surface area contributed by atoms with Crippen LogP contribution in [0.2, 0.25) is 5.02 Å². The molecule has 1 aromatic rings. The molecule has 0 heterocycles. The van der Waals surface area contributed by atoms with Gasteiger partial charge in [0.15, 0.2) is 0 Å². The third-order valence-corrected chi connectivity index (χ3v) is 2.28. The van der Waals surface area contributed by atoms with Crippen LogP contribution in [-0.4, -0.2) is 17.2 Å². The number of halogens is 1. The molecule has 0 atom stereocenters. The van der Waals surface area contributed by atoms with E-state index in [1.807, 2.05) is 0 Å². The van der Waals surface area contributed by atoms with E-state index < -0.39 is 11.8 Å². The quantitative estimate of drug-likeness (QED) is 0.681. The van der Waals surface area contributed by atoms with E-state index >= 15 is 0 Å². The van der Waals surface area contributed by atoms with Crippen molar-refractivity contribution in [3.8, 4) is 5.75 Å². The van der Waals surface area contributed by atoms with Crippen LogP contribution in [0, 0.1) is 0 Å². The number of nitrogens with one attached hydrogen (secondary N) is 2. The van der Waals surface area contributed by atoms with Crippen molar-refractivity contribution in [2.24, 2.45) is 0 Å². The molecule has 15 heavy (non-hydrogen) atoms. The Labute approximate surface area is 95.1 Å². The van der Waals surface area contributed by atoms with Crippen molar-refractivity contribution in [2.75, 3.05) is 5.32 Å². The summed E-state index contributed by atoms with van der Waals surface area (Å²) >= 11 is 5.79. The Bertz CT molecular complexity index is 478. The lowest BCUT2D eigenvalue weighted by Crippen LogP contribution is -2.30. The molecule has 2 amide bonds. The molecule has 1 aromatic carbocycles. The van der Waals surface area contributed by atoms with Crippen molar-refractivity contribution in [3.63, 3.8) is 0 Å². The molecular formula is C10H11ClN2O2. The van der Waals surface area contributed by atoms with E-state index in [2.05, 4.69) is 10.6 Å². The Morgan fingerprint density at radius 3 is 3.07 bits per heavy atom. The average molecular weight is 229 g/mol. The van der Waals surface area contributed by atoms with Crippen molar-refractivity contribution in [1.82, 2.24) is 5.32 Å². The number of phenols is 1. The van der Waals surface area contributed by atoms with Crippen molar-refractivity contribution in [2.45, 2.75) is 18.9 Å². The molecule has 0 saturated heterocycles. The lowest BCUT2D eigenvalue weighted by atomic mass is 10.3. The molecule has 1 aliphatic rings. The van der Waals surface area contributed by atoms with Gasteiger partial charge in [-0.25, -0.2) is 4.79 Å². The normalized spacial score (nSPS) is 16.6. The number of phenolic OH excluding ortho intramolecular Hbond substituents is 1. The molecule has 1 fully saturated rings. The molecule has 0 spiro atoms. The Morgan fingerprint density at radius 2 is 2.40 bits per heavy atom. The number of amides is 2. The van der Waals surface area contributed by atoms with Gasteiger partial charge in [-0.15, -0.1) is 0 Å². The average Bonchev–Trinajstić information content (AvgIpc) is 3.06. The highest BCUT2D eigenvalue weighted by molar-refractivity contribution is 6.33. The molecular weight excluding hydrogens is 216 g/mol. The van der Waals surface area contributed by atoms with Crippen LogP contribution < -0.4 is 10.6 Å². The number of hydrogen-bond acceptors (Lipinski definition) is 2. The molecule has 1 saturated carbocycles. The van der Waals surface area contributed by atoms with Gasteiger partial charge >= 0.3 is 6.03 Å². The lowest BCUT2D eigenvalue weighted by molar-refractivity contribution is 0.251. The zero-order chi connectivity index (χ0) is 12.6. The van der Waals surface area contributed by atoms with Crippen LogP contribution >= 0.6 is 11.6 Å². The van der Waals surface area contributed by atoms with Gasteiger partial charge in [0.2, 0.25) is 0 Å². The highest BCUT2D eigenvalue weighted by Gasteiger charge is 2.23. The molecule has 0 unspecified atom stereocenters. The van der Waals surface area contributed by atoms with Crippen LogP contribution in [0.25, 0.3) is 0 Å². The van der Waals surface area contributed by atoms with Crippen molar-refractivity contribution < 1.29 is 12.6 Å². The minimum Gasteiger partial charge on any atom is -0.508 e. The van der Waals surface area contributed by atoms with E-state index in [4.69, 9.17) is 14.3 Å². The summed E-state index contributed by atoms with van der Waals surface area (Å²) in [6, 6.07) is 0.389. The molecule has 4 nitrogen and oxygen atoms in total. The van der Waals surface area contributed by atoms with Gasteiger partial charge in [0.1, 0.15) is 5.75 Å². The first-order chi connectivity index (χ1) is 7.99. The van der Waals surface area contributed by atoms with E-state index in [0.29, 0.717) is 0 Å². The van der Waals surface area contributed by atoms with E-state index in [1.54, 1.807) is 0 Å². The maximum absolute atomic E-state index is 11.5.